The van der Waals surface area contributed by atoms with Crippen LogP contribution in [0.1, 0.15) is 6.42 Å². The van der Waals surface area contributed by atoms with Crippen LogP contribution < -0.4 is 0 Å². The van der Waals surface area contributed by atoms with Crippen LogP contribution in [-0.4, -0.2) is 59.1 Å². The van der Waals surface area contributed by atoms with Crippen molar-refractivity contribution in [3.8, 4) is 0 Å². The van der Waals surface area contributed by atoms with E-state index in [9.17, 15) is 5.11 Å². The molecule has 5 nitrogen and oxygen atoms in total. The Morgan fingerprint density at radius 1 is 1.08 bits per heavy atom. The van der Waals surface area contributed by atoms with Gasteiger partial charge in [-0.2, -0.15) is 0 Å². The second-order valence-corrected chi connectivity index (χ2v) is 2.40. The van der Waals surface area contributed by atoms with Crippen molar-refractivity contribution in [3.63, 3.8) is 0 Å². The molecule has 0 aliphatic carbocycles. The highest BCUT2D eigenvalue weighted by atomic mass is 16.5. The Morgan fingerprint density at radius 3 is 2.17 bits per heavy atom. The molecule has 0 aromatic carbocycles. The summed E-state index contributed by atoms with van der Waals surface area (Å²) < 4.78 is 4.89. The molecule has 0 saturated heterocycles. The van der Waals surface area contributed by atoms with Gasteiger partial charge in [0, 0.05) is 6.61 Å². The molecule has 0 aromatic rings. The second kappa shape index (κ2) is 7.45. The van der Waals surface area contributed by atoms with Crippen LogP contribution in [0.5, 0.6) is 0 Å². The van der Waals surface area contributed by atoms with Gasteiger partial charge in [-0.05, 0) is 6.42 Å². The van der Waals surface area contributed by atoms with Gasteiger partial charge in [0.25, 0.3) is 0 Å². The van der Waals surface area contributed by atoms with Crippen molar-refractivity contribution >= 4 is 0 Å². The molecule has 2 atom stereocenters. The molecule has 0 heterocycles. The van der Waals surface area contributed by atoms with Crippen LogP contribution >= 0.6 is 0 Å². The molecule has 5 heteroatoms. The van der Waals surface area contributed by atoms with E-state index in [1.807, 2.05) is 0 Å². The molecule has 74 valence electrons. The third-order valence-electron chi connectivity index (χ3n) is 1.46. The zero-order valence-corrected chi connectivity index (χ0v) is 6.89. The van der Waals surface area contributed by atoms with E-state index >= 15 is 0 Å². The monoisotopic (exact) mass is 180 g/mol. The van der Waals surface area contributed by atoms with Gasteiger partial charge in [-0.1, -0.05) is 0 Å². The van der Waals surface area contributed by atoms with Gasteiger partial charge in [0.15, 0.2) is 0 Å². The molecule has 2 unspecified atom stereocenters. The summed E-state index contributed by atoms with van der Waals surface area (Å²) in [7, 11) is 0. The number of aliphatic hydroxyl groups excluding tert-OH is 4. The summed E-state index contributed by atoms with van der Waals surface area (Å²) in [5.41, 5.74) is 0. The fourth-order valence-electron chi connectivity index (χ4n) is 0.808. The SMILES string of the molecule is OCCOC(CO)C(O)CCO. The van der Waals surface area contributed by atoms with E-state index in [4.69, 9.17) is 20.1 Å². The summed E-state index contributed by atoms with van der Waals surface area (Å²) in [6.45, 7) is -0.544. The zero-order valence-electron chi connectivity index (χ0n) is 6.89. The first-order valence-corrected chi connectivity index (χ1v) is 3.88. The van der Waals surface area contributed by atoms with Crippen LogP contribution in [0.4, 0.5) is 0 Å². The summed E-state index contributed by atoms with van der Waals surface area (Å²) in [6, 6.07) is 0. The first-order valence-electron chi connectivity index (χ1n) is 3.88. The van der Waals surface area contributed by atoms with Crippen LogP contribution in [0.3, 0.4) is 0 Å². The second-order valence-electron chi connectivity index (χ2n) is 2.40. The fourth-order valence-corrected chi connectivity index (χ4v) is 0.808. The predicted octanol–water partition coefficient (Wildman–Crippen LogP) is -1.90. The highest BCUT2D eigenvalue weighted by molar-refractivity contribution is 4.67. The van der Waals surface area contributed by atoms with Crippen molar-refractivity contribution < 1.29 is 25.2 Å². The minimum atomic E-state index is -0.883. The van der Waals surface area contributed by atoms with E-state index in [1.165, 1.54) is 0 Å². The summed E-state index contributed by atoms with van der Waals surface area (Å²) in [6.07, 6.45) is -1.44. The number of hydrogen-bond acceptors (Lipinski definition) is 5. The molecule has 0 radical (unpaired) electrons. The van der Waals surface area contributed by atoms with Gasteiger partial charge < -0.3 is 25.2 Å². The molecule has 0 amide bonds. The Bertz CT molecular complexity index is 97.8. The van der Waals surface area contributed by atoms with Crippen LogP contribution in [0.2, 0.25) is 0 Å². The number of aliphatic hydroxyl groups is 4. The molecule has 0 rings (SSSR count). The maximum absolute atomic E-state index is 9.21. The smallest absolute Gasteiger partial charge is 0.107 e. The lowest BCUT2D eigenvalue weighted by atomic mass is 10.1. The molecular weight excluding hydrogens is 164 g/mol. The molecule has 0 spiro atoms. The Balaban J connectivity index is 3.62. The van der Waals surface area contributed by atoms with E-state index in [1.54, 1.807) is 0 Å². The van der Waals surface area contributed by atoms with Gasteiger partial charge >= 0.3 is 0 Å². The lowest BCUT2D eigenvalue weighted by Gasteiger charge is -2.20. The van der Waals surface area contributed by atoms with Crippen LogP contribution in [0.25, 0.3) is 0 Å². The zero-order chi connectivity index (χ0) is 9.40. The molecule has 0 saturated carbocycles. The average Bonchev–Trinajstić information content (AvgIpc) is 2.06. The molecular formula is C7H16O5. The van der Waals surface area contributed by atoms with Gasteiger partial charge in [-0.3, -0.25) is 0 Å². The van der Waals surface area contributed by atoms with Crippen molar-refractivity contribution in [2.45, 2.75) is 18.6 Å². The fraction of sp³-hybridized carbons (Fsp3) is 1.00. The van der Waals surface area contributed by atoms with Crippen LogP contribution in [-0.2, 0) is 4.74 Å². The van der Waals surface area contributed by atoms with E-state index in [0.717, 1.165) is 0 Å². The molecule has 0 fully saturated rings. The third kappa shape index (κ3) is 4.63. The largest absolute Gasteiger partial charge is 0.396 e. The first kappa shape index (κ1) is 11.8. The molecule has 4 N–H and O–H groups in total. The predicted molar refractivity (Wildman–Crippen MR) is 41.6 cm³/mol. The first-order chi connectivity index (χ1) is 5.76. The molecule has 0 aromatic heterocycles. The normalized spacial score (nSPS) is 16.0. The maximum Gasteiger partial charge on any atom is 0.107 e. The number of rotatable bonds is 7. The van der Waals surface area contributed by atoms with Crippen LogP contribution in [0, 0.1) is 0 Å². The minimum absolute atomic E-state index is 0.0771. The topological polar surface area (TPSA) is 90.2 Å². The number of hydrogen-bond donors (Lipinski definition) is 4. The molecule has 0 aliphatic heterocycles. The molecule has 0 bridgehead atoms. The standard InChI is InChI=1S/C7H16O5/c8-2-1-6(11)7(5-10)12-4-3-9/h6-11H,1-5H2. The van der Waals surface area contributed by atoms with Gasteiger partial charge in [0.1, 0.15) is 6.10 Å². The summed E-state index contributed by atoms with van der Waals surface area (Å²) in [5.74, 6) is 0. The van der Waals surface area contributed by atoms with Crippen molar-refractivity contribution in [1.29, 1.82) is 0 Å². The average molecular weight is 180 g/mol. The lowest BCUT2D eigenvalue weighted by molar-refractivity contribution is -0.0765. The van der Waals surface area contributed by atoms with Crippen LogP contribution in [0.15, 0.2) is 0 Å². The van der Waals surface area contributed by atoms with E-state index in [-0.39, 0.29) is 32.8 Å². The number of ether oxygens (including phenoxy) is 1. The highest BCUT2D eigenvalue weighted by Crippen LogP contribution is 2.02. The van der Waals surface area contributed by atoms with Crippen molar-refractivity contribution in [2.75, 3.05) is 26.4 Å². The minimum Gasteiger partial charge on any atom is -0.396 e. The third-order valence-corrected chi connectivity index (χ3v) is 1.46. The Hall–Kier alpha value is -0.200. The van der Waals surface area contributed by atoms with Gasteiger partial charge in [0.2, 0.25) is 0 Å². The highest BCUT2D eigenvalue weighted by Gasteiger charge is 2.17. The summed E-state index contributed by atoms with van der Waals surface area (Å²) in [5, 5.41) is 34.8. The van der Waals surface area contributed by atoms with Gasteiger partial charge in [-0.25, -0.2) is 0 Å². The van der Waals surface area contributed by atoms with E-state index in [2.05, 4.69) is 0 Å². The Labute approximate surface area is 71.2 Å². The van der Waals surface area contributed by atoms with E-state index in [0.29, 0.717) is 0 Å². The summed E-state index contributed by atoms with van der Waals surface area (Å²) >= 11 is 0. The lowest BCUT2D eigenvalue weighted by Crippen LogP contribution is -2.33. The van der Waals surface area contributed by atoms with Gasteiger partial charge in [-0.15, -0.1) is 0 Å². The van der Waals surface area contributed by atoms with Crippen molar-refractivity contribution in [3.05, 3.63) is 0 Å². The van der Waals surface area contributed by atoms with E-state index < -0.39 is 12.2 Å². The maximum atomic E-state index is 9.21. The Kier molecular flexibility index (Phi) is 7.33. The quantitative estimate of drug-likeness (QED) is 0.367. The van der Waals surface area contributed by atoms with Crippen molar-refractivity contribution in [1.82, 2.24) is 0 Å². The molecule has 12 heavy (non-hydrogen) atoms. The summed E-state index contributed by atoms with van der Waals surface area (Å²) in [4.78, 5) is 0. The molecule has 0 aliphatic rings. The van der Waals surface area contributed by atoms with Gasteiger partial charge in [0.05, 0.1) is 25.9 Å². The van der Waals surface area contributed by atoms with Crippen molar-refractivity contribution in [2.24, 2.45) is 0 Å². The Morgan fingerprint density at radius 2 is 1.75 bits per heavy atom.